The number of hydrogen-bond acceptors (Lipinski definition) is 2. The molecule has 0 aliphatic heterocycles. The van der Waals surface area contributed by atoms with Gasteiger partial charge < -0.3 is 10.1 Å². The average molecular weight is 197 g/mol. The number of hydrogen-bond donors (Lipinski definition) is 1. The Balaban J connectivity index is 1.62. The highest BCUT2D eigenvalue weighted by molar-refractivity contribution is 4.91. The van der Waals surface area contributed by atoms with Crippen molar-refractivity contribution in [2.45, 2.75) is 63.5 Å². The molecular formula is C12H23NO. The van der Waals surface area contributed by atoms with Crippen LogP contribution in [-0.4, -0.2) is 24.8 Å². The van der Waals surface area contributed by atoms with E-state index in [-0.39, 0.29) is 5.60 Å². The lowest BCUT2D eigenvalue weighted by Crippen LogP contribution is -2.43. The van der Waals surface area contributed by atoms with Crippen LogP contribution in [0.5, 0.6) is 0 Å². The van der Waals surface area contributed by atoms with Gasteiger partial charge in [-0.15, -0.1) is 0 Å². The molecule has 0 atom stereocenters. The maximum absolute atomic E-state index is 5.98. The van der Waals surface area contributed by atoms with Gasteiger partial charge in [0.05, 0.1) is 5.60 Å². The van der Waals surface area contributed by atoms with Gasteiger partial charge in [-0.2, -0.15) is 0 Å². The molecule has 0 aromatic carbocycles. The molecule has 0 bridgehead atoms. The fraction of sp³-hybridized carbons (Fsp3) is 1.00. The van der Waals surface area contributed by atoms with Crippen molar-refractivity contribution in [3.8, 4) is 0 Å². The van der Waals surface area contributed by atoms with Crippen LogP contribution < -0.4 is 5.32 Å². The molecule has 2 nitrogen and oxygen atoms in total. The Labute approximate surface area is 87.4 Å². The van der Waals surface area contributed by atoms with E-state index < -0.39 is 0 Å². The molecule has 0 heterocycles. The van der Waals surface area contributed by atoms with Crippen molar-refractivity contribution < 1.29 is 4.74 Å². The predicted octanol–water partition coefficient (Wildman–Crippen LogP) is 2.48. The van der Waals surface area contributed by atoms with Crippen LogP contribution in [0.1, 0.15) is 51.9 Å². The standard InChI is InChI=1S/C12H23NO/c1-2-10-14-12(6-3-7-12)8-9-13-11-4-5-11/h11,13H,2-10H2,1H3. The van der Waals surface area contributed by atoms with Gasteiger partial charge in [-0.1, -0.05) is 6.92 Å². The molecule has 2 rings (SSSR count). The first-order valence-electron chi connectivity index (χ1n) is 6.22. The first-order valence-corrected chi connectivity index (χ1v) is 6.22. The summed E-state index contributed by atoms with van der Waals surface area (Å²) in [6, 6.07) is 0.846. The van der Waals surface area contributed by atoms with Gasteiger partial charge in [0.1, 0.15) is 0 Å². The second kappa shape index (κ2) is 4.63. The van der Waals surface area contributed by atoms with Gasteiger partial charge in [-0.3, -0.25) is 0 Å². The molecule has 14 heavy (non-hydrogen) atoms. The quantitative estimate of drug-likeness (QED) is 0.677. The normalized spacial score (nSPS) is 24.6. The fourth-order valence-electron chi connectivity index (χ4n) is 2.15. The zero-order chi connectivity index (χ0) is 9.86. The van der Waals surface area contributed by atoms with Crippen molar-refractivity contribution in [1.29, 1.82) is 0 Å². The van der Waals surface area contributed by atoms with Crippen molar-refractivity contribution in [3.05, 3.63) is 0 Å². The molecule has 0 radical (unpaired) electrons. The summed E-state index contributed by atoms with van der Waals surface area (Å²) in [6.07, 6.45) is 9.11. The van der Waals surface area contributed by atoms with Crippen LogP contribution >= 0.6 is 0 Å². The van der Waals surface area contributed by atoms with Crippen LogP contribution in [0.3, 0.4) is 0 Å². The molecule has 2 aliphatic carbocycles. The molecular weight excluding hydrogens is 174 g/mol. The minimum Gasteiger partial charge on any atom is -0.375 e. The highest BCUT2D eigenvalue weighted by Crippen LogP contribution is 2.38. The van der Waals surface area contributed by atoms with E-state index in [1.54, 1.807) is 0 Å². The van der Waals surface area contributed by atoms with Crippen LogP contribution in [0.25, 0.3) is 0 Å². The van der Waals surface area contributed by atoms with Gasteiger partial charge in [0.15, 0.2) is 0 Å². The van der Waals surface area contributed by atoms with E-state index in [4.69, 9.17) is 4.74 Å². The SMILES string of the molecule is CCCOC1(CCNC2CC2)CCC1. The second-order valence-corrected chi connectivity index (χ2v) is 4.86. The molecule has 2 saturated carbocycles. The number of rotatable bonds is 7. The first kappa shape index (κ1) is 10.4. The minimum absolute atomic E-state index is 0.276. The van der Waals surface area contributed by atoms with Crippen LogP contribution in [0.4, 0.5) is 0 Å². The summed E-state index contributed by atoms with van der Waals surface area (Å²) in [5.41, 5.74) is 0.276. The van der Waals surface area contributed by atoms with E-state index in [1.807, 2.05) is 0 Å². The average Bonchev–Trinajstić information content (AvgIpc) is 2.92. The third-order valence-electron chi connectivity index (χ3n) is 3.47. The van der Waals surface area contributed by atoms with E-state index in [0.29, 0.717) is 0 Å². The van der Waals surface area contributed by atoms with Crippen LogP contribution in [0, 0.1) is 0 Å². The second-order valence-electron chi connectivity index (χ2n) is 4.86. The van der Waals surface area contributed by atoms with Crippen molar-refractivity contribution in [2.75, 3.05) is 13.2 Å². The van der Waals surface area contributed by atoms with Crippen LogP contribution in [0.2, 0.25) is 0 Å². The number of nitrogens with one attached hydrogen (secondary N) is 1. The molecule has 0 saturated heterocycles. The Hall–Kier alpha value is -0.0800. The van der Waals surface area contributed by atoms with Gasteiger partial charge in [-0.25, -0.2) is 0 Å². The molecule has 0 amide bonds. The Morgan fingerprint density at radius 2 is 2.14 bits per heavy atom. The van der Waals surface area contributed by atoms with E-state index in [9.17, 15) is 0 Å². The molecule has 2 fully saturated rings. The van der Waals surface area contributed by atoms with Crippen molar-refractivity contribution >= 4 is 0 Å². The summed E-state index contributed by atoms with van der Waals surface area (Å²) in [5, 5.41) is 3.58. The molecule has 2 aliphatic rings. The van der Waals surface area contributed by atoms with E-state index in [0.717, 1.165) is 25.6 Å². The van der Waals surface area contributed by atoms with Crippen molar-refractivity contribution in [3.63, 3.8) is 0 Å². The third kappa shape index (κ3) is 2.71. The summed E-state index contributed by atoms with van der Waals surface area (Å²) < 4.78 is 5.98. The van der Waals surface area contributed by atoms with E-state index in [1.165, 1.54) is 38.5 Å². The van der Waals surface area contributed by atoms with Gasteiger partial charge in [-0.05, 0) is 51.5 Å². The molecule has 1 N–H and O–H groups in total. The van der Waals surface area contributed by atoms with Gasteiger partial charge >= 0.3 is 0 Å². The summed E-state index contributed by atoms with van der Waals surface area (Å²) >= 11 is 0. The molecule has 0 aromatic heterocycles. The Morgan fingerprint density at radius 3 is 2.64 bits per heavy atom. The lowest BCUT2D eigenvalue weighted by Gasteiger charge is -2.42. The maximum atomic E-state index is 5.98. The fourth-order valence-corrected chi connectivity index (χ4v) is 2.15. The van der Waals surface area contributed by atoms with Crippen LogP contribution in [0.15, 0.2) is 0 Å². The maximum Gasteiger partial charge on any atom is 0.0694 e. The van der Waals surface area contributed by atoms with Gasteiger partial charge in [0.25, 0.3) is 0 Å². The Morgan fingerprint density at radius 1 is 1.36 bits per heavy atom. The summed E-state index contributed by atoms with van der Waals surface area (Å²) in [7, 11) is 0. The highest BCUT2D eigenvalue weighted by atomic mass is 16.5. The van der Waals surface area contributed by atoms with Gasteiger partial charge in [0.2, 0.25) is 0 Å². The zero-order valence-electron chi connectivity index (χ0n) is 9.35. The summed E-state index contributed by atoms with van der Waals surface area (Å²) in [6.45, 7) is 4.30. The molecule has 0 unspecified atom stereocenters. The van der Waals surface area contributed by atoms with Gasteiger partial charge in [0, 0.05) is 12.6 Å². The summed E-state index contributed by atoms with van der Waals surface area (Å²) in [4.78, 5) is 0. The molecule has 0 aromatic rings. The Kier molecular flexibility index (Phi) is 3.45. The Bertz CT molecular complexity index is 173. The molecule has 2 heteroatoms. The lowest BCUT2D eigenvalue weighted by molar-refractivity contribution is -0.104. The van der Waals surface area contributed by atoms with Crippen molar-refractivity contribution in [1.82, 2.24) is 5.32 Å². The van der Waals surface area contributed by atoms with E-state index in [2.05, 4.69) is 12.2 Å². The predicted molar refractivity (Wildman–Crippen MR) is 58.5 cm³/mol. The minimum atomic E-state index is 0.276. The molecule has 82 valence electrons. The smallest absolute Gasteiger partial charge is 0.0694 e. The monoisotopic (exact) mass is 197 g/mol. The first-order chi connectivity index (χ1) is 6.85. The third-order valence-corrected chi connectivity index (χ3v) is 3.47. The van der Waals surface area contributed by atoms with E-state index >= 15 is 0 Å². The lowest BCUT2D eigenvalue weighted by atomic mass is 9.77. The topological polar surface area (TPSA) is 21.3 Å². The van der Waals surface area contributed by atoms with Crippen molar-refractivity contribution in [2.24, 2.45) is 0 Å². The largest absolute Gasteiger partial charge is 0.375 e. The number of ether oxygens (including phenoxy) is 1. The van der Waals surface area contributed by atoms with Crippen LogP contribution in [-0.2, 0) is 4.74 Å². The zero-order valence-corrected chi connectivity index (χ0v) is 9.35. The highest BCUT2D eigenvalue weighted by Gasteiger charge is 2.37. The summed E-state index contributed by atoms with van der Waals surface area (Å²) in [5.74, 6) is 0. The molecule has 0 spiro atoms.